The number of amides is 2. The van der Waals surface area contributed by atoms with Crippen LogP contribution in [0.4, 0.5) is 5.69 Å². The minimum atomic E-state index is -0.412. The SMILES string of the molecule is Cc1ccc(N2C[C@@H](C(=O)NCC[C@@H](O)C(C)C)CC2=O)cc1. The van der Waals surface area contributed by atoms with E-state index in [1.807, 2.05) is 45.0 Å². The van der Waals surface area contributed by atoms with E-state index in [9.17, 15) is 14.7 Å². The molecule has 5 nitrogen and oxygen atoms in total. The van der Waals surface area contributed by atoms with E-state index in [1.165, 1.54) is 0 Å². The van der Waals surface area contributed by atoms with Crippen LogP contribution in [0.5, 0.6) is 0 Å². The topological polar surface area (TPSA) is 69.6 Å². The van der Waals surface area contributed by atoms with Crippen molar-refractivity contribution in [3.63, 3.8) is 0 Å². The van der Waals surface area contributed by atoms with Crippen LogP contribution in [0.2, 0.25) is 0 Å². The molecule has 5 heteroatoms. The normalized spacial score (nSPS) is 19.3. The lowest BCUT2D eigenvalue weighted by Crippen LogP contribution is -2.35. The van der Waals surface area contributed by atoms with Gasteiger partial charge in [-0.05, 0) is 31.4 Å². The van der Waals surface area contributed by atoms with Crippen molar-refractivity contribution in [3.8, 4) is 0 Å². The van der Waals surface area contributed by atoms with E-state index in [1.54, 1.807) is 4.90 Å². The lowest BCUT2D eigenvalue weighted by molar-refractivity contribution is -0.126. The number of rotatable bonds is 6. The highest BCUT2D eigenvalue weighted by atomic mass is 16.3. The van der Waals surface area contributed by atoms with E-state index in [2.05, 4.69) is 5.32 Å². The second-order valence-corrected chi connectivity index (χ2v) is 6.63. The van der Waals surface area contributed by atoms with Gasteiger partial charge in [0, 0.05) is 25.2 Å². The summed E-state index contributed by atoms with van der Waals surface area (Å²) in [6.07, 6.45) is 0.364. The minimum absolute atomic E-state index is 0.0174. The first-order valence-corrected chi connectivity index (χ1v) is 8.21. The van der Waals surface area contributed by atoms with Crippen LogP contribution in [-0.4, -0.2) is 36.1 Å². The molecule has 1 aromatic rings. The fourth-order valence-corrected chi connectivity index (χ4v) is 2.68. The van der Waals surface area contributed by atoms with E-state index >= 15 is 0 Å². The quantitative estimate of drug-likeness (QED) is 0.841. The number of aliphatic hydroxyl groups is 1. The second-order valence-electron chi connectivity index (χ2n) is 6.63. The van der Waals surface area contributed by atoms with Crippen molar-refractivity contribution in [1.29, 1.82) is 0 Å². The Morgan fingerprint density at radius 3 is 2.61 bits per heavy atom. The maximum absolute atomic E-state index is 12.2. The largest absolute Gasteiger partial charge is 0.393 e. The molecular weight excluding hydrogens is 292 g/mol. The molecule has 0 bridgehead atoms. The summed E-state index contributed by atoms with van der Waals surface area (Å²) < 4.78 is 0. The molecule has 0 unspecified atom stereocenters. The summed E-state index contributed by atoms with van der Waals surface area (Å²) in [6, 6.07) is 7.74. The molecule has 1 saturated heterocycles. The predicted octanol–water partition coefficient (Wildman–Crippen LogP) is 1.87. The highest BCUT2D eigenvalue weighted by Gasteiger charge is 2.34. The van der Waals surface area contributed by atoms with Crippen LogP contribution in [0.25, 0.3) is 0 Å². The summed E-state index contributed by atoms with van der Waals surface area (Å²) in [5, 5.41) is 12.6. The molecule has 2 rings (SSSR count). The molecule has 1 aromatic carbocycles. The molecule has 2 N–H and O–H groups in total. The average Bonchev–Trinajstić information content (AvgIpc) is 2.89. The van der Waals surface area contributed by atoms with Crippen molar-refractivity contribution in [1.82, 2.24) is 5.32 Å². The number of aryl methyl sites for hydroxylation is 1. The number of aliphatic hydroxyl groups excluding tert-OH is 1. The summed E-state index contributed by atoms with van der Waals surface area (Å²) in [4.78, 5) is 26.0. The smallest absolute Gasteiger partial charge is 0.227 e. The maximum Gasteiger partial charge on any atom is 0.227 e. The lowest BCUT2D eigenvalue weighted by Gasteiger charge is -2.17. The number of nitrogens with one attached hydrogen (secondary N) is 1. The third-order valence-corrected chi connectivity index (χ3v) is 4.35. The minimum Gasteiger partial charge on any atom is -0.393 e. The fourth-order valence-electron chi connectivity index (χ4n) is 2.68. The monoisotopic (exact) mass is 318 g/mol. The number of carbonyl (C=O) groups excluding carboxylic acids is 2. The lowest BCUT2D eigenvalue weighted by atomic mass is 10.0. The van der Waals surface area contributed by atoms with Crippen molar-refractivity contribution in [2.75, 3.05) is 18.0 Å². The zero-order valence-corrected chi connectivity index (χ0v) is 14.1. The zero-order chi connectivity index (χ0) is 17.0. The number of hydrogen-bond acceptors (Lipinski definition) is 3. The first kappa shape index (κ1) is 17.5. The molecule has 2 atom stereocenters. The molecule has 0 saturated carbocycles. The van der Waals surface area contributed by atoms with Crippen molar-refractivity contribution in [3.05, 3.63) is 29.8 Å². The predicted molar refractivity (Wildman–Crippen MR) is 90.1 cm³/mol. The van der Waals surface area contributed by atoms with Gasteiger partial charge in [0.15, 0.2) is 0 Å². The Kier molecular flexibility index (Phi) is 5.77. The van der Waals surface area contributed by atoms with Crippen LogP contribution in [0, 0.1) is 18.8 Å². The summed E-state index contributed by atoms with van der Waals surface area (Å²) in [7, 11) is 0. The van der Waals surface area contributed by atoms with Gasteiger partial charge in [-0.15, -0.1) is 0 Å². The summed E-state index contributed by atoms with van der Waals surface area (Å²) in [5.74, 6) is -0.267. The maximum atomic E-state index is 12.2. The number of nitrogens with zero attached hydrogens (tertiary/aromatic N) is 1. The van der Waals surface area contributed by atoms with Gasteiger partial charge in [-0.25, -0.2) is 0 Å². The van der Waals surface area contributed by atoms with Gasteiger partial charge in [0.1, 0.15) is 0 Å². The second kappa shape index (κ2) is 7.59. The molecular formula is C18H26N2O3. The van der Waals surface area contributed by atoms with Crippen LogP contribution >= 0.6 is 0 Å². The van der Waals surface area contributed by atoms with E-state index < -0.39 is 6.10 Å². The van der Waals surface area contributed by atoms with Gasteiger partial charge < -0.3 is 15.3 Å². The van der Waals surface area contributed by atoms with E-state index in [0.29, 0.717) is 19.5 Å². The molecule has 2 amide bonds. The van der Waals surface area contributed by atoms with Crippen LogP contribution in [0.15, 0.2) is 24.3 Å². The molecule has 0 aromatic heterocycles. The van der Waals surface area contributed by atoms with Gasteiger partial charge >= 0.3 is 0 Å². The van der Waals surface area contributed by atoms with Gasteiger partial charge in [-0.1, -0.05) is 31.5 Å². The summed E-state index contributed by atoms with van der Waals surface area (Å²) in [5.41, 5.74) is 1.98. The van der Waals surface area contributed by atoms with Crippen molar-refractivity contribution in [2.24, 2.45) is 11.8 Å². The van der Waals surface area contributed by atoms with Gasteiger partial charge in [0.25, 0.3) is 0 Å². The molecule has 1 heterocycles. The Hall–Kier alpha value is -1.88. The number of anilines is 1. The number of carbonyl (C=O) groups is 2. The van der Waals surface area contributed by atoms with Crippen molar-refractivity contribution in [2.45, 2.75) is 39.7 Å². The highest BCUT2D eigenvalue weighted by Crippen LogP contribution is 2.25. The molecule has 1 aliphatic heterocycles. The number of hydrogen-bond donors (Lipinski definition) is 2. The number of benzene rings is 1. The zero-order valence-electron chi connectivity index (χ0n) is 14.1. The molecule has 0 spiro atoms. The Labute approximate surface area is 137 Å². The van der Waals surface area contributed by atoms with Gasteiger partial charge in [0.2, 0.25) is 11.8 Å². The molecule has 1 aliphatic rings. The standard InChI is InChI=1S/C18H26N2O3/c1-12(2)16(21)8-9-19-18(23)14-10-17(22)20(11-14)15-6-4-13(3)5-7-15/h4-7,12,14,16,21H,8-11H2,1-3H3,(H,19,23)/t14-,16+/m0/s1. The summed E-state index contributed by atoms with van der Waals surface area (Å²) >= 11 is 0. The average molecular weight is 318 g/mol. The summed E-state index contributed by atoms with van der Waals surface area (Å²) in [6.45, 7) is 6.74. The first-order valence-electron chi connectivity index (χ1n) is 8.21. The molecule has 1 fully saturated rings. The Morgan fingerprint density at radius 1 is 1.35 bits per heavy atom. The molecule has 126 valence electrons. The highest BCUT2D eigenvalue weighted by molar-refractivity contribution is 6.00. The Morgan fingerprint density at radius 2 is 2.00 bits per heavy atom. The van der Waals surface area contributed by atoms with Crippen molar-refractivity contribution < 1.29 is 14.7 Å². The van der Waals surface area contributed by atoms with Gasteiger partial charge in [-0.3, -0.25) is 9.59 Å². The van der Waals surface area contributed by atoms with Gasteiger partial charge in [-0.2, -0.15) is 0 Å². The van der Waals surface area contributed by atoms with E-state index in [0.717, 1.165) is 11.3 Å². The fraction of sp³-hybridized carbons (Fsp3) is 0.556. The molecule has 23 heavy (non-hydrogen) atoms. The van der Waals surface area contributed by atoms with Crippen LogP contribution in [0.3, 0.4) is 0 Å². The van der Waals surface area contributed by atoms with Crippen LogP contribution < -0.4 is 10.2 Å². The van der Waals surface area contributed by atoms with Crippen LogP contribution in [-0.2, 0) is 9.59 Å². The third-order valence-electron chi connectivity index (χ3n) is 4.35. The first-order chi connectivity index (χ1) is 10.9. The molecule has 0 radical (unpaired) electrons. The van der Waals surface area contributed by atoms with E-state index in [4.69, 9.17) is 0 Å². The van der Waals surface area contributed by atoms with Crippen molar-refractivity contribution >= 4 is 17.5 Å². The van der Waals surface area contributed by atoms with E-state index in [-0.39, 0.29) is 30.1 Å². The molecule has 0 aliphatic carbocycles. The van der Waals surface area contributed by atoms with Gasteiger partial charge in [0.05, 0.1) is 12.0 Å². The van der Waals surface area contributed by atoms with Crippen LogP contribution in [0.1, 0.15) is 32.3 Å². The third kappa shape index (κ3) is 4.55. The Bertz CT molecular complexity index is 554. The Balaban J connectivity index is 1.86.